The molecule has 1 saturated heterocycles. The van der Waals surface area contributed by atoms with Gasteiger partial charge in [0.1, 0.15) is 11.5 Å². The molecule has 1 aliphatic rings. The number of aromatic nitrogens is 2. The van der Waals surface area contributed by atoms with Crippen molar-refractivity contribution in [2.24, 2.45) is 0 Å². The lowest BCUT2D eigenvalue weighted by Crippen LogP contribution is -2.49. The number of ether oxygens (including phenoxy) is 1. The maximum absolute atomic E-state index is 5.27. The molecule has 1 unspecified atom stereocenters. The molecule has 1 fully saturated rings. The molecular formula is C16H20BrN5O. The van der Waals surface area contributed by atoms with E-state index in [9.17, 15) is 0 Å². The zero-order valence-electron chi connectivity index (χ0n) is 13.2. The summed E-state index contributed by atoms with van der Waals surface area (Å²) in [4.78, 5) is 11.1. The fraction of sp³-hybridized carbons (Fsp3) is 0.375. The third kappa shape index (κ3) is 3.73. The molecule has 3 heterocycles. The quantitative estimate of drug-likeness (QED) is 0.853. The Balaban J connectivity index is 1.76. The Kier molecular flexibility index (Phi) is 4.97. The summed E-state index contributed by atoms with van der Waals surface area (Å²) in [5, 5.41) is 6.64. The average molecular weight is 378 g/mol. The fourth-order valence-corrected chi connectivity index (χ4v) is 3.00. The van der Waals surface area contributed by atoms with E-state index in [0.29, 0.717) is 11.9 Å². The van der Waals surface area contributed by atoms with E-state index in [-0.39, 0.29) is 0 Å². The number of halogens is 1. The average Bonchev–Trinajstić information content (AvgIpc) is 2.56. The van der Waals surface area contributed by atoms with Gasteiger partial charge in [0.2, 0.25) is 5.88 Å². The highest BCUT2D eigenvalue weighted by Gasteiger charge is 2.18. The van der Waals surface area contributed by atoms with Crippen LogP contribution in [-0.4, -0.2) is 42.8 Å². The normalized spacial score (nSPS) is 17.9. The topological polar surface area (TPSA) is 62.3 Å². The van der Waals surface area contributed by atoms with Crippen LogP contribution in [0.1, 0.15) is 6.92 Å². The molecule has 122 valence electrons. The summed E-state index contributed by atoms with van der Waals surface area (Å²) in [6, 6.07) is 6.46. The first-order valence-corrected chi connectivity index (χ1v) is 8.36. The Morgan fingerprint density at radius 2 is 2.22 bits per heavy atom. The highest BCUT2D eigenvalue weighted by molar-refractivity contribution is 9.10. The number of methoxy groups -OCH3 is 1. The van der Waals surface area contributed by atoms with Gasteiger partial charge < -0.3 is 20.3 Å². The Bertz CT molecular complexity index is 664. The van der Waals surface area contributed by atoms with Crippen LogP contribution in [0.4, 0.5) is 17.2 Å². The Hall–Kier alpha value is -1.86. The Morgan fingerprint density at radius 1 is 1.35 bits per heavy atom. The van der Waals surface area contributed by atoms with Gasteiger partial charge in [-0.05, 0) is 41.1 Å². The summed E-state index contributed by atoms with van der Waals surface area (Å²) in [7, 11) is 1.60. The van der Waals surface area contributed by atoms with Crippen molar-refractivity contribution in [3.05, 3.63) is 35.1 Å². The third-order valence-corrected chi connectivity index (χ3v) is 4.29. The van der Waals surface area contributed by atoms with Gasteiger partial charge >= 0.3 is 0 Å². The molecule has 23 heavy (non-hydrogen) atoms. The molecule has 0 radical (unpaired) electrons. The number of pyridine rings is 2. The van der Waals surface area contributed by atoms with Crippen LogP contribution in [0.25, 0.3) is 0 Å². The van der Waals surface area contributed by atoms with E-state index in [1.807, 2.05) is 18.3 Å². The zero-order valence-corrected chi connectivity index (χ0v) is 14.8. The molecule has 0 saturated carbocycles. The van der Waals surface area contributed by atoms with Crippen LogP contribution in [-0.2, 0) is 0 Å². The molecule has 6 nitrogen and oxygen atoms in total. The van der Waals surface area contributed by atoms with Gasteiger partial charge in [0.25, 0.3) is 0 Å². The van der Waals surface area contributed by atoms with Crippen molar-refractivity contribution in [1.29, 1.82) is 0 Å². The van der Waals surface area contributed by atoms with E-state index < -0.39 is 0 Å². The molecule has 0 bridgehead atoms. The van der Waals surface area contributed by atoms with Crippen LogP contribution in [0.2, 0.25) is 0 Å². The molecule has 0 spiro atoms. The van der Waals surface area contributed by atoms with Crippen LogP contribution >= 0.6 is 15.9 Å². The maximum Gasteiger partial charge on any atom is 0.237 e. The van der Waals surface area contributed by atoms with Crippen molar-refractivity contribution in [2.75, 3.05) is 37.0 Å². The van der Waals surface area contributed by atoms with E-state index in [1.165, 1.54) is 0 Å². The minimum atomic E-state index is 0.471. The van der Waals surface area contributed by atoms with Crippen molar-refractivity contribution in [1.82, 2.24) is 15.3 Å². The smallest absolute Gasteiger partial charge is 0.237 e. The first-order valence-electron chi connectivity index (χ1n) is 7.57. The number of piperazine rings is 1. The van der Waals surface area contributed by atoms with Crippen molar-refractivity contribution < 1.29 is 4.74 Å². The molecular weight excluding hydrogens is 358 g/mol. The summed E-state index contributed by atoms with van der Waals surface area (Å²) in [5.74, 6) is 1.30. The van der Waals surface area contributed by atoms with Gasteiger partial charge in [-0.15, -0.1) is 0 Å². The van der Waals surface area contributed by atoms with Crippen LogP contribution in [0, 0.1) is 0 Å². The predicted molar refractivity (Wildman–Crippen MR) is 95.7 cm³/mol. The number of anilines is 3. The second kappa shape index (κ2) is 7.14. The third-order valence-electron chi connectivity index (χ3n) is 3.85. The maximum atomic E-state index is 5.27. The minimum absolute atomic E-state index is 0.471. The van der Waals surface area contributed by atoms with Gasteiger partial charge in [0.15, 0.2) is 0 Å². The van der Waals surface area contributed by atoms with Crippen LogP contribution in [0.15, 0.2) is 35.1 Å². The SMILES string of the molecule is COc1ncc(Br)cc1Nc1ccc(N2CCNCC2C)cn1. The number of hydrogen-bond acceptors (Lipinski definition) is 6. The molecule has 0 aliphatic carbocycles. The number of rotatable bonds is 4. The van der Waals surface area contributed by atoms with Crippen molar-refractivity contribution in [2.45, 2.75) is 13.0 Å². The summed E-state index contributed by atoms with van der Waals surface area (Å²) in [5.41, 5.74) is 1.92. The van der Waals surface area contributed by atoms with Gasteiger partial charge in [0.05, 0.1) is 19.0 Å². The molecule has 2 N–H and O–H groups in total. The number of nitrogens with one attached hydrogen (secondary N) is 2. The number of hydrogen-bond donors (Lipinski definition) is 2. The van der Waals surface area contributed by atoms with Crippen molar-refractivity contribution in [3.8, 4) is 5.88 Å². The monoisotopic (exact) mass is 377 g/mol. The molecule has 1 atom stereocenters. The largest absolute Gasteiger partial charge is 0.480 e. The lowest BCUT2D eigenvalue weighted by atomic mass is 10.2. The molecule has 2 aromatic heterocycles. The summed E-state index contributed by atoms with van der Waals surface area (Å²) in [6.07, 6.45) is 3.61. The minimum Gasteiger partial charge on any atom is -0.480 e. The van der Waals surface area contributed by atoms with E-state index in [2.05, 4.69) is 54.4 Å². The first-order chi connectivity index (χ1) is 11.2. The first kappa shape index (κ1) is 16.0. The van der Waals surface area contributed by atoms with Gasteiger partial charge in [-0.2, -0.15) is 0 Å². The Labute approximate surface area is 144 Å². The van der Waals surface area contributed by atoms with Crippen LogP contribution in [0.3, 0.4) is 0 Å². The fourth-order valence-electron chi connectivity index (χ4n) is 2.67. The second-order valence-electron chi connectivity index (χ2n) is 5.48. The molecule has 7 heteroatoms. The van der Waals surface area contributed by atoms with Crippen LogP contribution < -0.4 is 20.3 Å². The molecule has 0 amide bonds. The zero-order chi connectivity index (χ0) is 16.2. The lowest BCUT2D eigenvalue weighted by molar-refractivity contribution is 0.400. The summed E-state index contributed by atoms with van der Waals surface area (Å²) in [6.45, 7) is 5.22. The Morgan fingerprint density at radius 3 is 2.91 bits per heavy atom. The predicted octanol–water partition coefficient (Wildman–Crippen LogP) is 2.79. The van der Waals surface area contributed by atoms with E-state index in [1.54, 1.807) is 13.3 Å². The van der Waals surface area contributed by atoms with Gasteiger partial charge in [-0.3, -0.25) is 0 Å². The number of nitrogens with zero attached hydrogens (tertiary/aromatic N) is 3. The molecule has 3 rings (SSSR count). The van der Waals surface area contributed by atoms with Crippen molar-refractivity contribution >= 4 is 33.1 Å². The molecule has 1 aliphatic heterocycles. The lowest BCUT2D eigenvalue weighted by Gasteiger charge is -2.35. The van der Waals surface area contributed by atoms with Gasteiger partial charge in [-0.25, -0.2) is 9.97 Å². The molecule has 0 aromatic carbocycles. The summed E-state index contributed by atoms with van der Waals surface area (Å²) >= 11 is 3.42. The summed E-state index contributed by atoms with van der Waals surface area (Å²) < 4.78 is 6.15. The standard InChI is InChI=1S/C16H20BrN5O/c1-11-8-18-5-6-22(11)13-3-4-15(19-10-13)21-14-7-12(17)9-20-16(14)23-2/h3-4,7,9-11,18H,5-6,8H2,1-2H3,(H,19,21). The molecule has 2 aromatic rings. The second-order valence-corrected chi connectivity index (χ2v) is 6.40. The van der Waals surface area contributed by atoms with E-state index >= 15 is 0 Å². The van der Waals surface area contributed by atoms with Crippen molar-refractivity contribution in [3.63, 3.8) is 0 Å². The van der Waals surface area contributed by atoms with Gasteiger partial charge in [-0.1, -0.05) is 0 Å². The van der Waals surface area contributed by atoms with Gasteiger partial charge in [0, 0.05) is 36.3 Å². The van der Waals surface area contributed by atoms with E-state index in [4.69, 9.17) is 4.74 Å². The van der Waals surface area contributed by atoms with Crippen LogP contribution in [0.5, 0.6) is 5.88 Å². The van der Waals surface area contributed by atoms with E-state index in [0.717, 1.165) is 41.3 Å². The highest BCUT2D eigenvalue weighted by Crippen LogP contribution is 2.28. The highest BCUT2D eigenvalue weighted by atomic mass is 79.9.